The molecular weight excluding hydrogens is 282 g/mol. The van der Waals surface area contributed by atoms with Crippen LogP contribution < -0.4 is 20.7 Å². The van der Waals surface area contributed by atoms with Crippen LogP contribution in [0.3, 0.4) is 0 Å². The predicted molar refractivity (Wildman–Crippen MR) is 84.2 cm³/mol. The monoisotopic (exact) mass is 303 g/mol. The molecule has 3 rings (SSSR count). The molecule has 6 heteroatoms. The SMILES string of the molecule is CC1Oc2ccc(NC(=O)NC3CCCCC3)cc2NC1=O. The summed E-state index contributed by atoms with van der Waals surface area (Å²) in [6.45, 7) is 1.70. The fourth-order valence-electron chi connectivity index (χ4n) is 2.89. The number of carbonyl (C=O) groups excluding carboxylic acids is 2. The third-order valence-corrected chi connectivity index (χ3v) is 4.11. The van der Waals surface area contributed by atoms with Crippen LogP contribution in [0.4, 0.5) is 16.2 Å². The lowest BCUT2D eigenvalue weighted by atomic mass is 9.96. The Morgan fingerprint density at radius 2 is 2.05 bits per heavy atom. The number of amides is 3. The smallest absolute Gasteiger partial charge is 0.319 e. The van der Waals surface area contributed by atoms with E-state index in [1.807, 2.05) is 0 Å². The molecule has 6 nitrogen and oxygen atoms in total. The summed E-state index contributed by atoms with van der Waals surface area (Å²) in [7, 11) is 0. The molecule has 2 aliphatic rings. The highest BCUT2D eigenvalue weighted by Crippen LogP contribution is 2.32. The van der Waals surface area contributed by atoms with Crippen molar-refractivity contribution in [3.8, 4) is 5.75 Å². The molecule has 22 heavy (non-hydrogen) atoms. The van der Waals surface area contributed by atoms with Crippen molar-refractivity contribution in [3.63, 3.8) is 0 Å². The zero-order valence-electron chi connectivity index (χ0n) is 12.6. The van der Waals surface area contributed by atoms with E-state index in [0.717, 1.165) is 12.8 Å². The van der Waals surface area contributed by atoms with Crippen LogP contribution in [0.1, 0.15) is 39.0 Å². The molecule has 1 aromatic carbocycles. The maximum absolute atomic E-state index is 12.0. The summed E-state index contributed by atoms with van der Waals surface area (Å²) >= 11 is 0. The van der Waals surface area contributed by atoms with Crippen molar-refractivity contribution in [1.82, 2.24) is 5.32 Å². The van der Waals surface area contributed by atoms with E-state index in [9.17, 15) is 9.59 Å². The molecule has 0 radical (unpaired) electrons. The summed E-state index contributed by atoms with van der Waals surface area (Å²) in [5, 5.41) is 8.57. The van der Waals surface area contributed by atoms with Crippen molar-refractivity contribution in [1.29, 1.82) is 0 Å². The van der Waals surface area contributed by atoms with Crippen molar-refractivity contribution in [2.45, 2.75) is 51.2 Å². The quantitative estimate of drug-likeness (QED) is 0.786. The molecule has 3 amide bonds. The van der Waals surface area contributed by atoms with Gasteiger partial charge >= 0.3 is 6.03 Å². The van der Waals surface area contributed by atoms with Gasteiger partial charge in [-0.15, -0.1) is 0 Å². The lowest BCUT2D eigenvalue weighted by molar-refractivity contribution is -0.122. The van der Waals surface area contributed by atoms with Gasteiger partial charge in [0.25, 0.3) is 5.91 Å². The van der Waals surface area contributed by atoms with Gasteiger partial charge in [-0.1, -0.05) is 19.3 Å². The first-order valence-corrected chi connectivity index (χ1v) is 7.81. The summed E-state index contributed by atoms with van der Waals surface area (Å²) < 4.78 is 5.49. The fourth-order valence-corrected chi connectivity index (χ4v) is 2.89. The molecule has 1 atom stereocenters. The zero-order chi connectivity index (χ0) is 15.5. The van der Waals surface area contributed by atoms with Crippen molar-refractivity contribution in [2.75, 3.05) is 10.6 Å². The number of hydrogen-bond acceptors (Lipinski definition) is 3. The van der Waals surface area contributed by atoms with Crippen LogP contribution >= 0.6 is 0 Å². The maximum atomic E-state index is 12.0. The Balaban J connectivity index is 1.62. The number of benzene rings is 1. The number of ether oxygens (including phenoxy) is 1. The van der Waals surface area contributed by atoms with Gasteiger partial charge in [0.1, 0.15) is 5.75 Å². The molecule has 0 bridgehead atoms. The molecule has 1 heterocycles. The van der Waals surface area contributed by atoms with E-state index in [1.165, 1.54) is 19.3 Å². The average molecular weight is 303 g/mol. The number of fused-ring (bicyclic) bond motifs is 1. The van der Waals surface area contributed by atoms with Crippen molar-refractivity contribution >= 4 is 23.3 Å². The standard InChI is InChI=1S/C16H21N3O3/c1-10-15(20)19-13-9-12(7-8-14(13)22-10)18-16(21)17-11-5-3-2-4-6-11/h7-11H,2-6H2,1H3,(H,19,20)(H2,17,18,21). The highest BCUT2D eigenvalue weighted by atomic mass is 16.5. The molecule has 1 unspecified atom stereocenters. The highest BCUT2D eigenvalue weighted by Gasteiger charge is 2.23. The number of hydrogen-bond donors (Lipinski definition) is 3. The predicted octanol–water partition coefficient (Wildman–Crippen LogP) is 2.86. The number of anilines is 2. The second kappa shape index (κ2) is 6.25. The highest BCUT2D eigenvalue weighted by molar-refractivity contribution is 5.99. The normalized spacial score (nSPS) is 21.3. The van der Waals surface area contributed by atoms with Gasteiger partial charge < -0.3 is 20.7 Å². The van der Waals surface area contributed by atoms with Crippen LogP contribution in [0.5, 0.6) is 5.75 Å². The number of carbonyl (C=O) groups is 2. The first kappa shape index (κ1) is 14.7. The minimum Gasteiger partial charge on any atom is -0.479 e. The first-order chi connectivity index (χ1) is 10.6. The van der Waals surface area contributed by atoms with Crippen LogP contribution in [0.2, 0.25) is 0 Å². The topological polar surface area (TPSA) is 79.5 Å². The first-order valence-electron chi connectivity index (χ1n) is 7.81. The molecule has 1 saturated carbocycles. The van der Waals surface area contributed by atoms with Crippen LogP contribution in [0.15, 0.2) is 18.2 Å². The Kier molecular flexibility index (Phi) is 4.18. The Morgan fingerprint density at radius 3 is 2.82 bits per heavy atom. The van der Waals surface area contributed by atoms with E-state index in [0.29, 0.717) is 17.1 Å². The van der Waals surface area contributed by atoms with E-state index in [4.69, 9.17) is 4.74 Å². The van der Waals surface area contributed by atoms with Crippen molar-refractivity contribution in [3.05, 3.63) is 18.2 Å². The summed E-state index contributed by atoms with van der Waals surface area (Å²) in [5.41, 5.74) is 1.21. The van der Waals surface area contributed by atoms with Gasteiger partial charge in [0.2, 0.25) is 0 Å². The summed E-state index contributed by atoms with van der Waals surface area (Å²) in [4.78, 5) is 23.6. The van der Waals surface area contributed by atoms with E-state index >= 15 is 0 Å². The molecular formula is C16H21N3O3. The summed E-state index contributed by atoms with van der Waals surface area (Å²) in [5.74, 6) is 0.432. The minimum atomic E-state index is -0.499. The van der Waals surface area contributed by atoms with Crippen LogP contribution in [-0.4, -0.2) is 24.1 Å². The molecule has 0 spiro atoms. The maximum Gasteiger partial charge on any atom is 0.319 e. The number of urea groups is 1. The average Bonchev–Trinajstić information content (AvgIpc) is 2.49. The second-order valence-corrected chi connectivity index (χ2v) is 5.89. The molecule has 1 fully saturated rings. The molecule has 118 valence electrons. The van der Waals surface area contributed by atoms with Gasteiger partial charge in [0.05, 0.1) is 5.69 Å². The van der Waals surface area contributed by atoms with Gasteiger partial charge in [-0.3, -0.25) is 4.79 Å². The van der Waals surface area contributed by atoms with Gasteiger partial charge in [-0.05, 0) is 38.0 Å². The summed E-state index contributed by atoms with van der Waals surface area (Å²) in [6, 6.07) is 5.28. The van der Waals surface area contributed by atoms with Crippen LogP contribution in [0, 0.1) is 0 Å². The summed E-state index contributed by atoms with van der Waals surface area (Å²) in [6.07, 6.45) is 5.18. The van der Waals surface area contributed by atoms with Gasteiger partial charge in [0.15, 0.2) is 6.10 Å². The van der Waals surface area contributed by atoms with E-state index < -0.39 is 6.10 Å². The molecule has 1 aromatic rings. The van der Waals surface area contributed by atoms with E-state index in [-0.39, 0.29) is 18.0 Å². The molecule has 1 aliphatic carbocycles. The number of rotatable bonds is 2. The Hall–Kier alpha value is -2.24. The Morgan fingerprint density at radius 1 is 1.27 bits per heavy atom. The van der Waals surface area contributed by atoms with Gasteiger partial charge in [0, 0.05) is 11.7 Å². The lowest BCUT2D eigenvalue weighted by Gasteiger charge is -2.24. The molecule has 3 N–H and O–H groups in total. The molecule has 0 aromatic heterocycles. The second-order valence-electron chi connectivity index (χ2n) is 5.89. The van der Waals surface area contributed by atoms with Crippen LogP contribution in [0.25, 0.3) is 0 Å². The largest absolute Gasteiger partial charge is 0.479 e. The van der Waals surface area contributed by atoms with Crippen LogP contribution in [-0.2, 0) is 4.79 Å². The van der Waals surface area contributed by atoms with E-state index in [2.05, 4.69) is 16.0 Å². The Labute approximate surface area is 129 Å². The molecule has 0 saturated heterocycles. The molecule has 1 aliphatic heterocycles. The third kappa shape index (κ3) is 3.32. The van der Waals surface area contributed by atoms with Gasteiger partial charge in [-0.2, -0.15) is 0 Å². The van der Waals surface area contributed by atoms with Crippen molar-refractivity contribution < 1.29 is 14.3 Å². The third-order valence-electron chi connectivity index (χ3n) is 4.11. The minimum absolute atomic E-state index is 0.184. The fraction of sp³-hybridized carbons (Fsp3) is 0.500. The van der Waals surface area contributed by atoms with Crippen molar-refractivity contribution in [2.24, 2.45) is 0 Å². The zero-order valence-corrected chi connectivity index (χ0v) is 12.6. The number of nitrogens with one attached hydrogen (secondary N) is 3. The van der Waals surface area contributed by atoms with E-state index in [1.54, 1.807) is 25.1 Å². The lowest BCUT2D eigenvalue weighted by Crippen LogP contribution is -2.39. The Bertz CT molecular complexity index is 582. The van der Waals surface area contributed by atoms with Gasteiger partial charge in [-0.25, -0.2) is 4.79 Å².